The van der Waals surface area contributed by atoms with Crippen molar-refractivity contribution in [3.05, 3.63) is 23.5 Å². The largest absolute Gasteiger partial charge is 0.369 e. The smallest absolute Gasteiger partial charge is 0.240 e. The summed E-state index contributed by atoms with van der Waals surface area (Å²) >= 11 is 0. The number of hydrogen-bond acceptors (Lipinski definition) is 3. The molecule has 0 saturated carbocycles. The first-order valence-corrected chi connectivity index (χ1v) is 5.71. The molecule has 0 aliphatic rings. The van der Waals surface area contributed by atoms with Crippen LogP contribution in [0.25, 0.3) is 11.0 Å². The van der Waals surface area contributed by atoms with Gasteiger partial charge in [0.2, 0.25) is 11.9 Å². The van der Waals surface area contributed by atoms with Crippen molar-refractivity contribution in [1.82, 2.24) is 14.9 Å². The molecular formula is C12H15FN4O. The van der Waals surface area contributed by atoms with E-state index in [0.29, 0.717) is 23.1 Å². The van der Waals surface area contributed by atoms with Gasteiger partial charge in [-0.05, 0) is 25.5 Å². The highest BCUT2D eigenvalue weighted by Crippen LogP contribution is 2.21. The van der Waals surface area contributed by atoms with Crippen molar-refractivity contribution >= 4 is 22.9 Å². The van der Waals surface area contributed by atoms with Gasteiger partial charge >= 0.3 is 0 Å². The van der Waals surface area contributed by atoms with Crippen LogP contribution in [-0.4, -0.2) is 22.0 Å². The highest BCUT2D eigenvalue weighted by atomic mass is 19.1. The molecule has 1 heterocycles. The van der Waals surface area contributed by atoms with Crippen molar-refractivity contribution in [2.45, 2.75) is 20.4 Å². The first kappa shape index (κ1) is 12.3. The third kappa shape index (κ3) is 2.13. The Kier molecular flexibility index (Phi) is 3.18. The fraction of sp³-hybridized carbons (Fsp3) is 0.333. The molecule has 0 saturated heterocycles. The van der Waals surface area contributed by atoms with Crippen LogP contribution in [0.2, 0.25) is 0 Å². The van der Waals surface area contributed by atoms with E-state index in [1.807, 2.05) is 6.92 Å². The quantitative estimate of drug-likeness (QED) is 0.859. The van der Waals surface area contributed by atoms with Gasteiger partial charge in [0.05, 0.1) is 11.0 Å². The van der Waals surface area contributed by atoms with E-state index in [2.05, 4.69) is 10.3 Å². The second kappa shape index (κ2) is 4.64. The SMILES string of the molecule is CCNC(=O)Cn1c(N)nc2cc(F)c(C)cc21. The summed E-state index contributed by atoms with van der Waals surface area (Å²) in [6.45, 7) is 4.14. The van der Waals surface area contributed by atoms with Crippen LogP contribution in [-0.2, 0) is 11.3 Å². The number of rotatable bonds is 3. The molecule has 2 aromatic rings. The molecule has 0 aliphatic carbocycles. The molecule has 96 valence electrons. The number of halogens is 1. The van der Waals surface area contributed by atoms with Gasteiger partial charge in [0.15, 0.2) is 0 Å². The zero-order chi connectivity index (χ0) is 13.3. The van der Waals surface area contributed by atoms with E-state index in [-0.39, 0.29) is 24.2 Å². The number of likely N-dealkylation sites (N-methyl/N-ethyl adjacent to an activating group) is 1. The molecule has 2 rings (SSSR count). The Labute approximate surface area is 104 Å². The number of benzene rings is 1. The zero-order valence-corrected chi connectivity index (χ0v) is 10.3. The lowest BCUT2D eigenvalue weighted by Gasteiger charge is -2.06. The number of anilines is 1. The normalized spacial score (nSPS) is 10.8. The third-order valence-corrected chi connectivity index (χ3v) is 2.73. The summed E-state index contributed by atoms with van der Waals surface area (Å²) in [6.07, 6.45) is 0. The van der Waals surface area contributed by atoms with Gasteiger partial charge in [0, 0.05) is 12.6 Å². The van der Waals surface area contributed by atoms with Gasteiger partial charge in [0.25, 0.3) is 0 Å². The molecule has 1 amide bonds. The van der Waals surface area contributed by atoms with Crippen LogP contribution in [0.4, 0.5) is 10.3 Å². The Morgan fingerprint density at radius 2 is 2.28 bits per heavy atom. The molecule has 1 aromatic carbocycles. The van der Waals surface area contributed by atoms with Gasteiger partial charge in [-0.1, -0.05) is 0 Å². The van der Waals surface area contributed by atoms with Crippen LogP contribution in [0.5, 0.6) is 0 Å². The number of nitrogens with two attached hydrogens (primary N) is 1. The molecule has 6 heteroatoms. The minimum absolute atomic E-state index is 0.0846. The van der Waals surface area contributed by atoms with Crippen LogP contribution in [0.15, 0.2) is 12.1 Å². The third-order valence-electron chi connectivity index (χ3n) is 2.73. The van der Waals surface area contributed by atoms with E-state index in [4.69, 9.17) is 5.73 Å². The van der Waals surface area contributed by atoms with Crippen molar-refractivity contribution in [3.8, 4) is 0 Å². The van der Waals surface area contributed by atoms with Crippen LogP contribution >= 0.6 is 0 Å². The minimum atomic E-state index is -0.329. The molecule has 0 atom stereocenters. The van der Waals surface area contributed by atoms with Gasteiger partial charge in [0.1, 0.15) is 12.4 Å². The summed E-state index contributed by atoms with van der Waals surface area (Å²) in [5.41, 5.74) is 7.37. The molecule has 18 heavy (non-hydrogen) atoms. The lowest BCUT2D eigenvalue weighted by Crippen LogP contribution is -2.27. The number of aryl methyl sites for hydroxylation is 1. The Morgan fingerprint density at radius 3 is 2.94 bits per heavy atom. The number of nitrogens with zero attached hydrogens (tertiary/aromatic N) is 2. The van der Waals surface area contributed by atoms with Crippen LogP contribution in [0, 0.1) is 12.7 Å². The molecule has 1 aromatic heterocycles. The minimum Gasteiger partial charge on any atom is -0.369 e. The van der Waals surface area contributed by atoms with Crippen molar-refractivity contribution in [2.24, 2.45) is 0 Å². The molecule has 0 aliphatic heterocycles. The first-order chi connectivity index (χ1) is 8.52. The Balaban J connectivity index is 2.46. The molecule has 5 nitrogen and oxygen atoms in total. The Morgan fingerprint density at radius 1 is 1.56 bits per heavy atom. The molecule has 0 fully saturated rings. The van der Waals surface area contributed by atoms with Gasteiger partial charge in [-0.25, -0.2) is 9.37 Å². The zero-order valence-electron chi connectivity index (χ0n) is 10.3. The number of carbonyl (C=O) groups excluding carboxylic acids is 1. The standard InChI is InChI=1S/C12H15FN4O/c1-3-15-11(18)6-17-10-4-7(2)8(13)5-9(10)16-12(17)14/h4-5H,3,6H2,1-2H3,(H2,14,16)(H,15,18). The summed E-state index contributed by atoms with van der Waals surface area (Å²) in [5.74, 6) is -0.267. The topological polar surface area (TPSA) is 72.9 Å². The number of nitrogens with one attached hydrogen (secondary N) is 1. The lowest BCUT2D eigenvalue weighted by molar-refractivity contribution is -0.121. The molecule has 3 N–H and O–H groups in total. The molecular weight excluding hydrogens is 235 g/mol. The first-order valence-electron chi connectivity index (χ1n) is 5.71. The predicted octanol–water partition coefficient (Wildman–Crippen LogP) is 1.20. The van der Waals surface area contributed by atoms with E-state index in [1.165, 1.54) is 6.07 Å². The predicted molar refractivity (Wildman–Crippen MR) is 67.5 cm³/mol. The van der Waals surface area contributed by atoms with E-state index < -0.39 is 0 Å². The van der Waals surface area contributed by atoms with Crippen LogP contribution in [0.3, 0.4) is 0 Å². The second-order valence-electron chi connectivity index (χ2n) is 4.10. The fourth-order valence-electron chi connectivity index (χ4n) is 1.83. The summed E-state index contributed by atoms with van der Waals surface area (Å²) in [6, 6.07) is 2.97. The van der Waals surface area contributed by atoms with Gasteiger partial charge < -0.3 is 15.6 Å². The average molecular weight is 250 g/mol. The second-order valence-corrected chi connectivity index (χ2v) is 4.10. The fourth-order valence-corrected chi connectivity index (χ4v) is 1.83. The highest BCUT2D eigenvalue weighted by molar-refractivity contribution is 5.83. The molecule has 0 unspecified atom stereocenters. The van der Waals surface area contributed by atoms with Gasteiger partial charge in [-0.15, -0.1) is 0 Å². The van der Waals surface area contributed by atoms with Crippen LogP contribution in [0.1, 0.15) is 12.5 Å². The maximum Gasteiger partial charge on any atom is 0.240 e. The number of carbonyl (C=O) groups is 1. The monoisotopic (exact) mass is 250 g/mol. The van der Waals surface area contributed by atoms with Gasteiger partial charge in [-0.3, -0.25) is 4.79 Å². The number of nitrogen functional groups attached to an aromatic ring is 1. The van der Waals surface area contributed by atoms with E-state index in [0.717, 1.165) is 0 Å². The molecule has 0 spiro atoms. The lowest BCUT2D eigenvalue weighted by atomic mass is 10.2. The maximum absolute atomic E-state index is 13.4. The van der Waals surface area contributed by atoms with Crippen molar-refractivity contribution < 1.29 is 9.18 Å². The van der Waals surface area contributed by atoms with Crippen molar-refractivity contribution in [2.75, 3.05) is 12.3 Å². The average Bonchev–Trinajstić information content (AvgIpc) is 2.57. The molecule has 0 bridgehead atoms. The van der Waals surface area contributed by atoms with E-state index in [1.54, 1.807) is 17.6 Å². The Bertz CT molecular complexity index is 606. The highest BCUT2D eigenvalue weighted by Gasteiger charge is 2.13. The number of hydrogen-bond donors (Lipinski definition) is 2. The Hall–Kier alpha value is -2.11. The molecule has 0 radical (unpaired) electrons. The van der Waals surface area contributed by atoms with Crippen molar-refractivity contribution in [3.63, 3.8) is 0 Å². The van der Waals surface area contributed by atoms with E-state index in [9.17, 15) is 9.18 Å². The summed E-state index contributed by atoms with van der Waals surface area (Å²) in [5, 5.41) is 2.68. The van der Waals surface area contributed by atoms with Crippen molar-refractivity contribution in [1.29, 1.82) is 0 Å². The summed E-state index contributed by atoms with van der Waals surface area (Å²) in [7, 11) is 0. The summed E-state index contributed by atoms with van der Waals surface area (Å²) in [4.78, 5) is 15.6. The summed E-state index contributed by atoms with van der Waals surface area (Å²) < 4.78 is 15.0. The maximum atomic E-state index is 13.4. The van der Waals surface area contributed by atoms with E-state index >= 15 is 0 Å². The van der Waals surface area contributed by atoms with Crippen LogP contribution < -0.4 is 11.1 Å². The van der Waals surface area contributed by atoms with Gasteiger partial charge in [-0.2, -0.15) is 0 Å². The number of aromatic nitrogens is 2. The number of fused-ring (bicyclic) bond motifs is 1. The number of amides is 1. The number of imidazole rings is 1.